The van der Waals surface area contributed by atoms with Crippen LogP contribution < -0.4 is 5.32 Å². The second-order valence-corrected chi connectivity index (χ2v) is 7.00. The Labute approximate surface area is 158 Å². The van der Waals surface area contributed by atoms with Gasteiger partial charge in [-0.1, -0.05) is 36.4 Å². The number of pyridine rings is 1. The van der Waals surface area contributed by atoms with Crippen LogP contribution in [0.25, 0.3) is 22.3 Å². The molecule has 0 unspecified atom stereocenters. The second-order valence-electron chi connectivity index (χ2n) is 7.00. The van der Waals surface area contributed by atoms with Crippen molar-refractivity contribution < 1.29 is 0 Å². The Morgan fingerprint density at radius 3 is 2.48 bits per heavy atom. The number of rotatable bonds is 3. The number of benzene rings is 2. The van der Waals surface area contributed by atoms with Crippen LogP contribution in [-0.2, 0) is 12.8 Å². The molecule has 4 nitrogen and oxygen atoms in total. The number of aryl methyl sites for hydroxylation is 1. The molecule has 0 spiro atoms. The highest BCUT2D eigenvalue weighted by Gasteiger charge is 2.20. The molecule has 2 heterocycles. The minimum absolute atomic E-state index is 0.378. The molecule has 132 valence electrons. The van der Waals surface area contributed by atoms with E-state index >= 15 is 0 Å². The Bertz CT molecular complexity index is 1090. The van der Waals surface area contributed by atoms with Gasteiger partial charge in [0, 0.05) is 29.4 Å². The van der Waals surface area contributed by atoms with Gasteiger partial charge in [-0.2, -0.15) is 0 Å². The highest BCUT2D eigenvalue weighted by atomic mass is 15.1. The number of para-hydroxylation sites is 1. The molecule has 1 aliphatic carbocycles. The maximum absolute atomic E-state index is 4.87. The Morgan fingerprint density at radius 2 is 1.59 bits per heavy atom. The van der Waals surface area contributed by atoms with E-state index in [0.717, 1.165) is 47.4 Å². The zero-order valence-corrected chi connectivity index (χ0v) is 15.0. The van der Waals surface area contributed by atoms with E-state index in [1.807, 2.05) is 30.3 Å². The van der Waals surface area contributed by atoms with Crippen molar-refractivity contribution in [2.24, 2.45) is 0 Å². The summed E-state index contributed by atoms with van der Waals surface area (Å²) in [7, 11) is 0. The molecule has 0 fully saturated rings. The lowest BCUT2D eigenvalue weighted by Gasteiger charge is -2.26. The van der Waals surface area contributed by atoms with Gasteiger partial charge in [0.25, 0.3) is 0 Å². The van der Waals surface area contributed by atoms with Crippen LogP contribution >= 0.6 is 0 Å². The van der Waals surface area contributed by atoms with Gasteiger partial charge in [0.2, 0.25) is 0 Å². The number of aromatic nitrogens is 3. The first-order valence-electron chi connectivity index (χ1n) is 9.37. The summed E-state index contributed by atoms with van der Waals surface area (Å²) in [6, 6.07) is 21.2. The van der Waals surface area contributed by atoms with E-state index in [9.17, 15) is 0 Å². The van der Waals surface area contributed by atoms with E-state index in [0.29, 0.717) is 6.04 Å². The molecule has 2 aromatic heterocycles. The third-order valence-corrected chi connectivity index (χ3v) is 5.23. The first kappa shape index (κ1) is 15.9. The SMILES string of the molecule is c1ccc2c(c1)CC[C@@H](Nc1nc(-c3ccncc3)nc3ccccc13)C2. The summed E-state index contributed by atoms with van der Waals surface area (Å²) < 4.78 is 0. The summed E-state index contributed by atoms with van der Waals surface area (Å²) in [5, 5.41) is 4.77. The van der Waals surface area contributed by atoms with Crippen molar-refractivity contribution in [2.75, 3.05) is 5.32 Å². The fraction of sp³-hybridized carbons (Fsp3) is 0.174. The minimum atomic E-state index is 0.378. The van der Waals surface area contributed by atoms with Crippen molar-refractivity contribution in [3.8, 4) is 11.4 Å². The Morgan fingerprint density at radius 1 is 0.815 bits per heavy atom. The Hall–Kier alpha value is -3.27. The van der Waals surface area contributed by atoms with Gasteiger partial charge in [-0.25, -0.2) is 9.97 Å². The average molecular weight is 352 g/mol. The fourth-order valence-electron chi connectivity index (χ4n) is 3.83. The van der Waals surface area contributed by atoms with Crippen LogP contribution in [0.2, 0.25) is 0 Å². The molecule has 4 heteroatoms. The quantitative estimate of drug-likeness (QED) is 0.582. The monoisotopic (exact) mass is 352 g/mol. The fourth-order valence-corrected chi connectivity index (χ4v) is 3.83. The lowest BCUT2D eigenvalue weighted by molar-refractivity contribution is 0.609. The smallest absolute Gasteiger partial charge is 0.162 e. The van der Waals surface area contributed by atoms with Gasteiger partial charge in [0.1, 0.15) is 5.82 Å². The van der Waals surface area contributed by atoms with Gasteiger partial charge in [0.15, 0.2) is 5.82 Å². The van der Waals surface area contributed by atoms with E-state index in [-0.39, 0.29) is 0 Å². The number of hydrogen-bond acceptors (Lipinski definition) is 4. The minimum Gasteiger partial charge on any atom is -0.366 e. The molecule has 1 atom stereocenters. The Balaban J connectivity index is 1.53. The van der Waals surface area contributed by atoms with Gasteiger partial charge in [-0.15, -0.1) is 0 Å². The van der Waals surface area contributed by atoms with Crippen molar-refractivity contribution in [3.05, 3.63) is 84.2 Å². The zero-order valence-electron chi connectivity index (χ0n) is 15.0. The molecular weight excluding hydrogens is 332 g/mol. The van der Waals surface area contributed by atoms with Crippen molar-refractivity contribution >= 4 is 16.7 Å². The van der Waals surface area contributed by atoms with Crippen LogP contribution in [0.5, 0.6) is 0 Å². The van der Waals surface area contributed by atoms with E-state index in [4.69, 9.17) is 9.97 Å². The maximum atomic E-state index is 4.87. The molecule has 1 aliphatic rings. The van der Waals surface area contributed by atoms with Crippen LogP contribution in [0.1, 0.15) is 17.5 Å². The highest BCUT2D eigenvalue weighted by Crippen LogP contribution is 2.28. The van der Waals surface area contributed by atoms with E-state index in [1.165, 1.54) is 11.1 Å². The summed E-state index contributed by atoms with van der Waals surface area (Å²) in [6.45, 7) is 0. The van der Waals surface area contributed by atoms with Gasteiger partial charge in [-0.05, 0) is 54.7 Å². The maximum Gasteiger partial charge on any atom is 0.162 e. The first-order chi connectivity index (χ1) is 13.4. The second kappa shape index (κ2) is 6.80. The van der Waals surface area contributed by atoms with Crippen LogP contribution in [0.3, 0.4) is 0 Å². The summed E-state index contributed by atoms with van der Waals surface area (Å²) >= 11 is 0. The first-order valence-corrected chi connectivity index (χ1v) is 9.37. The van der Waals surface area contributed by atoms with Crippen LogP contribution in [-0.4, -0.2) is 21.0 Å². The zero-order chi connectivity index (χ0) is 18.1. The molecule has 2 aromatic carbocycles. The molecule has 0 radical (unpaired) electrons. The standard InChI is InChI=1S/C23H20N4/c1-2-6-18-15-19(10-9-16(18)5-1)25-23-20-7-3-4-8-21(20)26-22(27-23)17-11-13-24-14-12-17/h1-8,11-14,19H,9-10,15H2,(H,25,26,27)/t19-/m1/s1. The predicted octanol–water partition coefficient (Wildman–Crippen LogP) is 4.66. The van der Waals surface area contributed by atoms with Crippen LogP contribution in [0.15, 0.2) is 73.1 Å². The van der Waals surface area contributed by atoms with Gasteiger partial charge in [0.05, 0.1) is 5.52 Å². The number of anilines is 1. The van der Waals surface area contributed by atoms with Gasteiger partial charge < -0.3 is 5.32 Å². The van der Waals surface area contributed by atoms with Gasteiger partial charge in [-0.3, -0.25) is 4.98 Å². The summed E-state index contributed by atoms with van der Waals surface area (Å²) in [5.74, 6) is 1.65. The molecule has 4 aromatic rings. The third-order valence-electron chi connectivity index (χ3n) is 5.23. The molecule has 0 aliphatic heterocycles. The third kappa shape index (κ3) is 3.14. The molecule has 0 saturated carbocycles. The van der Waals surface area contributed by atoms with E-state index in [1.54, 1.807) is 12.4 Å². The summed E-state index contributed by atoms with van der Waals surface area (Å²) in [4.78, 5) is 13.7. The molecule has 5 rings (SSSR count). The summed E-state index contributed by atoms with van der Waals surface area (Å²) in [6.07, 6.45) is 6.80. The average Bonchev–Trinajstić information content (AvgIpc) is 2.74. The van der Waals surface area contributed by atoms with Crippen LogP contribution in [0.4, 0.5) is 5.82 Å². The lowest BCUT2D eigenvalue weighted by Crippen LogP contribution is -2.28. The molecule has 27 heavy (non-hydrogen) atoms. The molecule has 0 amide bonds. The number of nitrogens with zero attached hydrogens (tertiary/aromatic N) is 3. The van der Waals surface area contributed by atoms with Crippen molar-refractivity contribution in [2.45, 2.75) is 25.3 Å². The van der Waals surface area contributed by atoms with Crippen LogP contribution in [0, 0.1) is 0 Å². The Kier molecular flexibility index (Phi) is 4.02. The van der Waals surface area contributed by atoms with E-state index < -0.39 is 0 Å². The van der Waals surface area contributed by atoms with E-state index in [2.05, 4.69) is 40.6 Å². The predicted molar refractivity (Wildman–Crippen MR) is 109 cm³/mol. The molecular formula is C23H20N4. The molecule has 0 bridgehead atoms. The topological polar surface area (TPSA) is 50.7 Å². The number of fused-ring (bicyclic) bond motifs is 2. The number of hydrogen-bond donors (Lipinski definition) is 1. The van der Waals surface area contributed by atoms with Crippen molar-refractivity contribution in [3.63, 3.8) is 0 Å². The lowest BCUT2D eigenvalue weighted by atomic mass is 9.88. The number of nitrogens with one attached hydrogen (secondary N) is 1. The largest absolute Gasteiger partial charge is 0.366 e. The highest BCUT2D eigenvalue weighted by molar-refractivity contribution is 5.90. The molecule has 0 saturated heterocycles. The summed E-state index contributed by atoms with van der Waals surface area (Å²) in [5.41, 5.74) is 4.85. The van der Waals surface area contributed by atoms with Crippen molar-refractivity contribution in [1.82, 2.24) is 15.0 Å². The normalized spacial score (nSPS) is 16.1. The molecule has 1 N–H and O–H groups in total. The van der Waals surface area contributed by atoms with Crippen molar-refractivity contribution in [1.29, 1.82) is 0 Å². The van der Waals surface area contributed by atoms with Gasteiger partial charge >= 0.3 is 0 Å².